The molecule has 0 saturated carbocycles. The van der Waals surface area contributed by atoms with Crippen molar-refractivity contribution in [1.82, 2.24) is 0 Å². The minimum absolute atomic E-state index is 0.744. The smallest absolute Gasteiger partial charge is 0.328 e. The Hall–Kier alpha value is -1.25. The van der Waals surface area contributed by atoms with Gasteiger partial charge in [0.2, 0.25) is 0 Å². The van der Waals surface area contributed by atoms with Crippen molar-refractivity contribution in [1.29, 1.82) is 0 Å². The van der Waals surface area contributed by atoms with Crippen LogP contribution < -0.4 is 0 Å². The highest BCUT2D eigenvalue weighted by Crippen LogP contribution is 2.56. The van der Waals surface area contributed by atoms with Gasteiger partial charge >= 0.3 is 8.60 Å². The normalized spacial score (nSPS) is 14.5. The molecule has 0 bridgehead atoms. The summed E-state index contributed by atoms with van der Waals surface area (Å²) in [4.78, 5) is 19.5. The van der Waals surface area contributed by atoms with Gasteiger partial charge in [-0.05, 0) is 35.1 Å². The molecule has 140 valence electrons. The maximum Gasteiger partial charge on any atom is 0.328 e. The summed E-state index contributed by atoms with van der Waals surface area (Å²) in [5.74, 6) is 0. The molecule has 2 aromatic carbocycles. The van der Waals surface area contributed by atoms with E-state index in [1.807, 2.05) is 24.3 Å². The first-order valence-corrected chi connectivity index (χ1v) is 10.9. The van der Waals surface area contributed by atoms with E-state index >= 15 is 0 Å². The second-order valence-corrected chi connectivity index (χ2v) is 7.82. The van der Waals surface area contributed by atoms with E-state index in [0.717, 1.165) is 41.5 Å². The van der Waals surface area contributed by atoms with Crippen molar-refractivity contribution < 1.29 is 14.3 Å². The first-order chi connectivity index (χ1) is 12.7. The molecule has 2 aromatic rings. The van der Waals surface area contributed by atoms with Crippen LogP contribution in [0.3, 0.4) is 0 Å². The molecule has 0 aromatic heterocycles. The lowest BCUT2D eigenvalue weighted by Gasteiger charge is -2.32. The molecule has 0 amide bonds. The predicted molar refractivity (Wildman–Crippen MR) is 108 cm³/mol. The second kappa shape index (κ2) is 9.10. The van der Waals surface area contributed by atoms with Gasteiger partial charge in [0.05, 0.1) is 0 Å². The number of fused-ring (bicyclic) bond motifs is 3. The highest BCUT2D eigenvalue weighted by Gasteiger charge is 2.45. The average Bonchev–Trinajstić information content (AvgIpc) is 2.92. The van der Waals surface area contributed by atoms with Crippen LogP contribution in [0.2, 0.25) is 0 Å². The molecule has 0 spiro atoms. The van der Waals surface area contributed by atoms with Gasteiger partial charge in [-0.25, -0.2) is 0 Å². The minimum atomic E-state index is -2.44. The summed E-state index contributed by atoms with van der Waals surface area (Å²) in [5, 5.41) is 0. The molecular formula is C22H29O3P. The van der Waals surface area contributed by atoms with Gasteiger partial charge in [-0.3, -0.25) is 4.52 Å². The summed E-state index contributed by atoms with van der Waals surface area (Å²) in [6.07, 6.45) is 9.32. The summed E-state index contributed by atoms with van der Waals surface area (Å²) in [5.41, 5.74) is 3.66. The summed E-state index contributed by atoms with van der Waals surface area (Å²) in [6.45, 7) is 2.23. The molecule has 1 aliphatic carbocycles. The monoisotopic (exact) mass is 372 g/mol. The van der Waals surface area contributed by atoms with Crippen LogP contribution in [0, 0.1) is 0 Å². The van der Waals surface area contributed by atoms with Gasteiger partial charge in [-0.15, -0.1) is 0 Å². The fourth-order valence-electron chi connectivity index (χ4n) is 4.17. The lowest BCUT2D eigenvalue weighted by molar-refractivity contribution is 0.0834. The van der Waals surface area contributed by atoms with Gasteiger partial charge in [0.25, 0.3) is 0 Å². The van der Waals surface area contributed by atoms with Gasteiger partial charge in [-0.1, -0.05) is 94.0 Å². The molecule has 2 N–H and O–H groups in total. The van der Waals surface area contributed by atoms with Gasteiger partial charge in [-0.2, -0.15) is 0 Å². The van der Waals surface area contributed by atoms with Crippen LogP contribution in [0.4, 0.5) is 0 Å². The molecule has 0 aliphatic heterocycles. The number of unbranched alkanes of at least 4 members (excludes halogenated alkanes) is 6. The molecule has 0 atom stereocenters. The zero-order valence-electron chi connectivity index (χ0n) is 15.5. The summed E-state index contributed by atoms with van der Waals surface area (Å²) in [7, 11) is -2.44. The summed E-state index contributed by atoms with van der Waals surface area (Å²) in [6, 6.07) is 16.4. The van der Waals surface area contributed by atoms with Crippen molar-refractivity contribution >= 4 is 8.60 Å². The van der Waals surface area contributed by atoms with E-state index in [9.17, 15) is 9.79 Å². The van der Waals surface area contributed by atoms with Crippen LogP contribution in [-0.2, 0) is 10.1 Å². The van der Waals surface area contributed by atoms with Gasteiger partial charge in [0.1, 0.15) is 5.60 Å². The van der Waals surface area contributed by atoms with Crippen molar-refractivity contribution in [3.8, 4) is 11.1 Å². The number of benzene rings is 2. The molecule has 26 heavy (non-hydrogen) atoms. The Labute approximate surface area is 158 Å². The SMILES string of the molecule is CCCCCCCCCC1(OP(O)O)c2ccccc2-c2ccccc21. The predicted octanol–water partition coefficient (Wildman–Crippen LogP) is 6.28. The zero-order valence-corrected chi connectivity index (χ0v) is 16.4. The first kappa shape index (κ1) is 19.5. The van der Waals surface area contributed by atoms with Crippen molar-refractivity contribution in [3.05, 3.63) is 59.7 Å². The van der Waals surface area contributed by atoms with Crippen molar-refractivity contribution in [2.75, 3.05) is 0 Å². The van der Waals surface area contributed by atoms with E-state index in [1.165, 1.54) is 32.1 Å². The molecule has 0 fully saturated rings. The Balaban J connectivity index is 1.81. The van der Waals surface area contributed by atoms with E-state index in [1.54, 1.807) is 0 Å². The Morgan fingerprint density at radius 2 is 1.27 bits per heavy atom. The van der Waals surface area contributed by atoms with Gasteiger partial charge in [0, 0.05) is 0 Å². The maximum atomic E-state index is 9.73. The lowest BCUT2D eigenvalue weighted by Crippen LogP contribution is -2.27. The molecule has 0 radical (unpaired) electrons. The Morgan fingerprint density at radius 1 is 0.769 bits per heavy atom. The highest BCUT2D eigenvalue weighted by atomic mass is 31.2. The van der Waals surface area contributed by atoms with Crippen molar-refractivity contribution in [3.63, 3.8) is 0 Å². The molecule has 0 unspecified atom stereocenters. The highest BCUT2D eigenvalue weighted by molar-refractivity contribution is 7.39. The van der Waals surface area contributed by atoms with Gasteiger partial charge in [0.15, 0.2) is 0 Å². The van der Waals surface area contributed by atoms with Crippen molar-refractivity contribution in [2.24, 2.45) is 0 Å². The van der Waals surface area contributed by atoms with Crippen LogP contribution >= 0.6 is 8.60 Å². The van der Waals surface area contributed by atoms with E-state index in [-0.39, 0.29) is 0 Å². The fourth-order valence-corrected chi connectivity index (χ4v) is 4.74. The third-order valence-electron chi connectivity index (χ3n) is 5.38. The van der Waals surface area contributed by atoms with Gasteiger partial charge < -0.3 is 9.79 Å². The average molecular weight is 372 g/mol. The number of hydrogen-bond acceptors (Lipinski definition) is 3. The lowest BCUT2D eigenvalue weighted by atomic mass is 9.86. The summed E-state index contributed by atoms with van der Waals surface area (Å²) < 4.78 is 5.87. The Morgan fingerprint density at radius 3 is 1.81 bits per heavy atom. The molecule has 3 nitrogen and oxygen atoms in total. The van der Waals surface area contributed by atoms with E-state index in [0.29, 0.717) is 0 Å². The molecular weight excluding hydrogens is 343 g/mol. The van der Waals surface area contributed by atoms with Crippen molar-refractivity contribution in [2.45, 2.75) is 63.9 Å². The largest absolute Gasteiger partial charge is 0.328 e. The molecule has 4 heteroatoms. The van der Waals surface area contributed by atoms with Crippen LogP contribution in [0.15, 0.2) is 48.5 Å². The zero-order chi connectivity index (χ0) is 18.4. The van der Waals surface area contributed by atoms with E-state index in [2.05, 4.69) is 31.2 Å². The second-order valence-electron chi connectivity index (χ2n) is 7.13. The van der Waals surface area contributed by atoms with Crippen LogP contribution in [-0.4, -0.2) is 9.79 Å². The number of hydrogen-bond donors (Lipinski definition) is 2. The first-order valence-electron chi connectivity index (χ1n) is 9.75. The van der Waals surface area contributed by atoms with E-state index < -0.39 is 14.2 Å². The number of rotatable bonds is 10. The molecule has 0 saturated heterocycles. The van der Waals surface area contributed by atoms with Crippen LogP contribution in [0.5, 0.6) is 0 Å². The topological polar surface area (TPSA) is 49.7 Å². The molecule has 3 rings (SSSR count). The minimum Gasteiger partial charge on any atom is -0.328 e. The fraction of sp³-hybridized carbons (Fsp3) is 0.455. The van der Waals surface area contributed by atoms with Crippen LogP contribution in [0.1, 0.15) is 69.4 Å². The third kappa shape index (κ3) is 4.02. The quantitative estimate of drug-likeness (QED) is 0.381. The molecule has 0 heterocycles. The van der Waals surface area contributed by atoms with Crippen LogP contribution in [0.25, 0.3) is 11.1 Å². The maximum absolute atomic E-state index is 9.73. The third-order valence-corrected chi connectivity index (χ3v) is 5.86. The summed E-state index contributed by atoms with van der Waals surface area (Å²) >= 11 is 0. The van der Waals surface area contributed by atoms with E-state index in [4.69, 9.17) is 4.52 Å². The Kier molecular flexibility index (Phi) is 6.83. The Bertz CT molecular complexity index is 669. The standard InChI is InChI=1S/C22H29O3P/c1-2-3-4-5-6-7-12-17-22(25-26(23)24)20-15-10-8-13-18(20)19-14-9-11-16-21(19)22/h8-11,13-16,23-24H,2-7,12,17H2,1H3. The molecule has 1 aliphatic rings.